The standard InChI is InChI=1S/C22H26FN5O/c1-14(2)19-13-27(22-21-18(8-10-24-21)25-15(3)26-22)11-9-20(29)28(19)12-16-4-6-17(23)7-5-16/h4-8,10,14,19,24H,9,11-13H2,1-3H3. The van der Waals surface area contributed by atoms with Crippen molar-refractivity contribution in [2.45, 2.75) is 39.8 Å². The number of rotatable bonds is 4. The molecule has 3 aromatic rings. The van der Waals surface area contributed by atoms with Crippen LogP contribution in [0, 0.1) is 18.7 Å². The highest BCUT2D eigenvalue weighted by Crippen LogP contribution is 2.28. The minimum atomic E-state index is -0.267. The summed E-state index contributed by atoms with van der Waals surface area (Å²) in [5, 5.41) is 0. The minimum Gasteiger partial charge on any atom is -0.357 e. The Morgan fingerprint density at radius 2 is 1.97 bits per heavy atom. The predicted octanol–water partition coefficient (Wildman–Crippen LogP) is 3.67. The molecule has 1 unspecified atom stereocenters. The number of hydrogen-bond acceptors (Lipinski definition) is 4. The predicted molar refractivity (Wildman–Crippen MR) is 111 cm³/mol. The van der Waals surface area contributed by atoms with Crippen molar-refractivity contribution in [2.75, 3.05) is 18.0 Å². The molecule has 1 fully saturated rings. The fraction of sp³-hybridized carbons (Fsp3) is 0.409. The average molecular weight is 395 g/mol. The molecule has 1 aliphatic rings. The second-order valence-corrected chi connectivity index (χ2v) is 7.99. The Hall–Kier alpha value is -2.96. The van der Waals surface area contributed by atoms with Crippen molar-refractivity contribution in [3.8, 4) is 0 Å². The zero-order chi connectivity index (χ0) is 20.5. The smallest absolute Gasteiger partial charge is 0.224 e. The van der Waals surface area contributed by atoms with Gasteiger partial charge in [0.15, 0.2) is 5.82 Å². The number of hydrogen-bond donors (Lipinski definition) is 1. The second-order valence-electron chi connectivity index (χ2n) is 7.99. The fourth-order valence-electron chi connectivity index (χ4n) is 4.00. The maximum absolute atomic E-state index is 13.3. The quantitative estimate of drug-likeness (QED) is 0.732. The number of aromatic nitrogens is 3. The molecule has 0 saturated carbocycles. The number of carbonyl (C=O) groups excluding carboxylic acids is 1. The number of aromatic amines is 1. The molecular weight excluding hydrogens is 369 g/mol. The summed E-state index contributed by atoms with van der Waals surface area (Å²) in [7, 11) is 0. The Bertz CT molecular complexity index is 1010. The van der Waals surface area contributed by atoms with Crippen molar-refractivity contribution >= 4 is 22.8 Å². The van der Waals surface area contributed by atoms with Gasteiger partial charge in [-0.2, -0.15) is 0 Å². The van der Waals surface area contributed by atoms with Gasteiger partial charge in [0.05, 0.1) is 11.6 Å². The van der Waals surface area contributed by atoms with Crippen molar-refractivity contribution in [1.29, 1.82) is 0 Å². The van der Waals surface area contributed by atoms with Gasteiger partial charge in [0, 0.05) is 32.3 Å². The summed E-state index contributed by atoms with van der Waals surface area (Å²) in [5.74, 6) is 1.68. The van der Waals surface area contributed by atoms with Crippen LogP contribution in [0.3, 0.4) is 0 Å². The van der Waals surface area contributed by atoms with E-state index in [4.69, 9.17) is 0 Å². The average Bonchev–Trinajstić information content (AvgIpc) is 3.09. The lowest BCUT2D eigenvalue weighted by Gasteiger charge is -2.35. The van der Waals surface area contributed by atoms with Crippen molar-refractivity contribution < 1.29 is 9.18 Å². The summed E-state index contributed by atoms with van der Waals surface area (Å²) in [6.07, 6.45) is 2.28. The molecular formula is C22H26FN5O. The third-order valence-corrected chi connectivity index (χ3v) is 5.56. The zero-order valence-electron chi connectivity index (χ0n) is 17.0. The minimum absolute atomic E-state index is 0.0235. The number of fused-ring (bicyclic) bond motifs is 1. The zero-order valence-corrected chi connectivity index (χ0v) is 17.0. The van der Waals surface area contributed by atoms with E-state index in [9.17, 15) is 9.18 Å². The topological polar surface area (TPSA) is 65.1 Å². The number of H-pyrrole nitrogens is 1. The van der Waals surface area contributed by atoms with Gasteiger partial charge in [-0.1, -0.05) is 26.0 Å². The maximum atomic E-state index is 13.3. The molecule has 3 heterocycles. The van der Waals surface area contributed by atoms with E-state index in [0.717, 1.165) is 22.4 Å². The monoisotopic (exact) mass is 395 g/mol. The van der Waals surface area contributed by atoms with Gasteiger partial charge in [0.1, 0.15) is 17.2 Å². The van der Waals surface area contributed by atoms with Gasteiger partial charge < -0.3 is 14.8 Å². The molecule has 4 rings (SSSR count). The molecule has 29 heavy (non-hydrogen) atoms. The Kier molecular flexibility index (Phi) is 5.22. The van der Waals surface area contributed by atoms with Gasteiger partial charge in [-0.15, -0.1) is 0 Å². The molecule has 1 amide bonds. The molecule has 1 atom stereocenters. The molecule has 0 radical (unpaired) electrons. The SMILES string of the molecule is Cc1nc(N2CCC(=O)N(Cc3ccc(F)cc3)C(C(C)C)C2)c2[nH]ccc2n1. The molecule has 2 aromatic heterocycles. The Balaban J connectivity index is 1.66. The number of halogens is 1. The Morgan fingerprint density at radius 1 is 1.21 bits per heavy atom. The van der Waals surface area contributed by atoms with Crippen LogP contribution in [0.2, 0.25) is 0 Å². The van der Waals surface area contributed by atoms with Crippen LogP contribution in [0.15, 0.2) is 36.5 Å². The van der Waals surface area contributed by atoms with Gasteiger partial charge in [-0.3, -0.25) is 4.79 Å². The van der Waals surface area contributed by atoms with Crippen LogP contribution in [0.1, 0.15) is 31.7 Å². The molecule has 1 saturated heterocycles. The van der Waals surface area contributed by atoms with Crippen molar-refractivity contribution in [1.82, 2.24) is 19.9 Å². The summed E-state index contributed by atoms with van der Waals surface area (Å²) in [6.45, 7) is 7.93. The number of aryl methyl sites for hydroxylation is 1. The lowest BCUT2D eigenvalue weighted by Crippen LogP contribution is -2.46. The van der Waals surface area contributed by atoms with Crippen LogP contribution in [-0.4, -0.2) is 44.9 Å². The van der Waals surface area contributed by atoms with E-state index in [2.05, 4.69) is 33.7 Å². The number of benzene rings is 1. The molecule has 0 spiro atoms. The van der Waals surface area contributed by atoms with E-state index in [1.54, 1.807) is 12.1 Å². The summed E-state index contributed by atoms with van der Waals surface area (Å²) >= 11 is 0. The fourth-order valence-corrected chi connectivity index (χ4v) is 4.00. The molecule has 1 N–H and O–H groups in total. The first-order valence-electron chi connectivity index (χ1n) is 10.0. The third kappa shape index (κ3) is 3.95. The molecule has 6 nitrogen and oxygen atoms in total. The van der Waals surface area contributed by atoms with Crippen LogP contribution in [-0.2, 0) is 11.3 Å². The lowest BCUT2D eigenvalue weighted by molar-refractivity contribution is -0.134. The number of anilines is 1. The second kappa shape index (κ2) is 7.81. The first-order valence-corrected chi connectivity index (χ1v) is 10.0. The molecule has 0 bridgehead atoms. The largest absolute Gasteiger partial charge is 0.357 e. The summed E-state index contributed by atoms with van der Waals surface area (Å²) in [6, 6.07) is 8.35. The summed E-state index contributed by atoms with van der Waals surface area (Å²) in [4.78, 5) is 29.6. The van der Waals surface area contributed by atoms with Crippen LogP contribution in [0.5, 0.6) is 0 Å². The molecule has 152 valence electrons. The van der Waals surface area contributed by atoms with Gasteiger partial charge >= 0.3 is 0 Å². The lowest BCUT2D eigenvalue weighted by atomic mass is 10.0. The highest BCUT2D eigenvalue weighted by molar-refractivity contribution is 5.87. The first kappa shape index (κ1) is 19.4. The molecule has 1 aromatic carbocycles. The molecule has 7 heteroatoms. The van der Waals surface area contributed by atoms with E-state index in [0.29, 0.717) is 31.9 Å². The molecule has 0 aliphatic carbocycles. The number of amides is 1. The van der Waals surface area contributed by atoms with Crippen LogP contribution in [0.4, 0.5) is 10.2 Å². The first-order chi connectivity index (χ1) is 13.9. The van der Waals surface area contributed by atoms with Gasteiger partial charge in [0.25, 0.3) is 0 Å². The Morgan fingerprint density at radius 3 is 2.69 bits per heavy atom. The van der Waals surface area contributed by atoms with Crippen LogP contribution in [0.25, 0.3) is 11.0 Å². The third-order valence-electron chi connectivity index (χ3n) is 5.56. The van der Waals surface area contributed by atoms with E-state index < -0.39 is 0 Å². The van der Waals surface area contributed by atoms with Crippen molar-refractivity contribution in [3.05, 3.63) is 53.7 Å². The number of nitrogens with one attached hydrogen (secondary N) is 1. The van der Waals surface area contributed by atoms with Crippen molar-refractivity contribution in [2.24, 2.45) is 5.92 Å². The number of nitrogens with zero attached hydrogens (tertiary/aromatic N) is 4. The summed E-state index contributed by atoms with van der Waals surface area (Å²) < 4.78 is 13.3. The van der Waals surface area contributed by atoms with Gasteiger partial charge in [-0.05, 0) is 36.6 Å². The highest BCUT2D eigenvalue weighted by Gasteiger charge is 2.33. The van der Waals surface area contributed by atoms with Gasteiger partial charge in [-0.25, -0.2) is 14.4 Å². The highest BCUT2D eigenvalue weighted by atomic mass is 19.1. The summed E-state index contributed by atoms with van der Waals surface area (Å²) in [5.41, 5.74) is 2.72. The van der Waals surface area contributed by atoms with E-state index in [1.807, 2.05) is 24.1 Å². The van der Waals surface area contributed by atoms with Crippen molar-refractivity contribution in [3.63, 3.8) is 0 Å². The maximum Gasteiger partial charge on any atom is 0.224 e. The van der Waals surface area contributed by atoms with E-state index in [1.165, 1.54) is 12.1 Å². The molecule has 1 aliphatic heterocycles. The Labute approximate surface area is 169 Å². The normalized spacial score (nSPS) is 18.0. The number of carbonyl (C=O) groups is 1. The van der Waals surface area contributed by atoms with Crippen LogP contribution < -0.4 is 4.90 Å². The van der Waals surface area contributed by atoms with Crippen LogP contribution >= 0.6 is 0 Å². The van der Waals surface area contributed by atoms with Gasteiger partial charge in [0.2, 0.25) is 5.91 Å². The van der Waals surface area contributed by atoms with E-state index in [-0.39, 0.29) is 23.7 Å². The van der Waals surface area contributed by atoms with E-state index >= 15 is 0 Å².